The number of aromatic nitrogens is 4. The molecule has 1 amide bonds. The van der Waals surface area contributed by atoms with Gasteiger partial charge < -0.3 is 19.3 Å². The summed E-state index contributed by atoms with van der Waals surface area (Å²) < 4.78 is 9.56. The molecule has 9 nitrogen and oxygen atoms in total. The van der Waals surface area contributed by atoms with E-state index in [0.717, 1.165) is 28.0 Å². The third-order valence-electron chi connectivity index (χ3n) is 5.07. The van der Waals surface area contributed by atoms with E-state index in [1.807, 2.05) is 29.9 Å². The number of pyridine rings is 1. The molecule has 0 fully saturated rings. The molecule has 9 heteroatoms. The van der Waals surface area contributed by atoms with Gasteiger partial charge in [0.05, 0.1) is 34.9 Å². The van der Waals surface area contributed by atoms with Crippen LogP contribution < -0.4 is 10.1 Å². The van der Waals surface area contributed by atoms with Gasteiger partial charge in [-0.05, 0) is 24.3 Å². The topological polar surface area (TPSA) is 95.0 Å². The molecule has 0 bridgehead atoms. The second-order valence-corrected chi connectivity index (χ2v) is 7.15. The molecule has 0 saturated heterocycles. The van der Waals surface area contributed by atoms with Crippen LogP contribution in [0.1, 0.15) is 16.8 Å². The maximum absolute atomic E-state index is 12.4. The Morgan fingerprint density at radius 2 is 2.27 bits per heavy atom. The summed E-state index contributed by atoms with van der Waals surface area (Å²) in [4.78, 5) is 22.1. The zero-order valence-electron chi connectivity index (χ0n) is 16.4. The molecule has 4 aromatic rings. The summed E-state index contributed by atoms with van der Waals surface area (Å²) in [5.41, 5.74) is 3.14. The van der Waals surface area contributed by atoms with Crippen LogP contribution in [0.2, 0.25) is 0 Å². The number of benzene rings is 1. The Hall–Kier alpha value is -3.88. The van der Waals surface area contributed by atoms with Crippen LogP contribution in [0, 0.1) is 0 Å². The molecule has 152 valence electrons. The smallest absolute Gasteiger partial charge is 0.253 e. The van der Waals surface area contributed by atoms with Gasteiger partial charge in [0.2, 0.25) is 0 Å². The summed E-state index contributed by atoms with van der Waals surface area (Å²) in [6.45, 7) is 0.696. The van der Waals surface area contributed by atoms with Crippen molar-refractivity contribution in [3.63, 3.8) is 0 Å². The largest absolute Gasteiger partial charge is 0.489 e. The van der Waals surface area contributed by atoms with Crippen LogP contribution in [-0.4, -0.2) is 50.0 Å². The summed E-state index contributed by atoms with van der Waals surface area (Å²) in [5.74, 6) is 0.595. The van der Waals surface area contributed by atoms with Crippen LogP contribution in [0.4, 0.5) is 0 Å². The lowest BCUT2D eigenvalue weighted by Crippen LogP contribution is -2.30. The Morgan fingerprint density at radius 3 is 3.20 bits per heavy atom. The number of amides is 1. The van der Waals surface area contributed by atoms with Gasteiger partial charge in [0.1, 0.15) is 18.0 Å². The normalized spacial score (nSPS) is 15.9. The van der Waals surface area contributed by atoms with Crippen molar-refractivity contribution in [1.29, 1.82) is 0 Å². The minimum Gasteiger partial charge on any atom is -0.489 e. The summed E-state index contributed by atoms with van der Waals surface area (Å²) in [7, 11) is 1.90. The number of imidazole rings is 1. The molecule has 0 radical (unpaired) electrons. The van der Waals surface area contributed by atoms with Crippen molar-refractivity contribution in [2.24, 2.45) is 12.2 Å². The van der Waals surface area contributed by atoms with Gasteiger partial charge in [-0.1, -0.05) is 11.2 Å². The maximum Gasteiger partial charge on any atom is 0.253 e. The number of nitrogens with zero attached hydrogens (tertiary/aromatic N) is 5. The van der Waals surface area contributed by atoms with E-state index in [1.54, 1.807) is 41.3 Å². The van der Waals surface area contributed by atoms with E-state index >= 15 is 0 Å². The molecule has 3 aromatic heterocycles. The Labute approximate surface area is 171 Å². The lowest BCUT2D eigenvalue weighted by molar-refractivity contribution is 0.0475. The lowest BCUT2D eigenvalue weighted by Gasteiger charge is -2.11. The summed E-state index contributed by atoms with van der Waals surface area (Å²) in [6.07, 6.45) is 7.45. The van der Waals surface area contributed by atoms with E-state index in [-0.39, 0.29) is 12.0 Å². The molecular formula is C21H20N6O3. The van der Waals surface area contributed by atoms with E-state index in [0.29, 0.717) is 25.1 Å². The third-order valence-corrected chi connectivity index (χ3v) is 5.07. The number of hydrogen-bond donors (Lipinski definition) is 1. The first-order chi connectivity index (χ1) is 14.7. The van der Waals surface area contributed by atoms with Gasteiger partial charge in [0.25, 0.3) is 5.91 Å². The van der Waals surface area contributed by atoms with Crippen LogP contribution in [0.3, 0.4) is 0 Å². The van der Waals surface area contributed by atoms with Crippen LogP contribution in [0.25, 0.3) is 16.6 Å². The monoisotopic (exact) mass is 404 g/mol. The van der Waals surface area contributed by atoms with Crippen molar-refractivity contribution in [3.05, 3.63) is 60.7 Å². The highest BCUT2D eigenvalue weighted by atomic mass is 16.7. The second kappa shape index (κ2) is 7.51. The van der Waals surface area contributed by atoms with E-state index in [4.69, 9.17) is 9.57 Å². The molecule has 4 heterocycles. The number of oxime groups is 1. The number of carbonyl (C=O) groups excluding carboxylic acids is 1. The average molecular weight is 404 g/mol. The maximum atomic E-state index is 12.4. The average Bonchev–Trinajstić information content (AvgIpc) is 3.50. The Kier molecular flexibility index (Phi) is 4.55. The van der Waals surface area contributed by atoms with Crippen molar-refractivity contribution in [2.75, 3.05) is 13.2 Å². The van der Waals surface area contributed by atoms with Gasteiger partial charge in [-0.25, -0.2) is 4.98 Å². The molecule has 0 spiro atoms. The van der Waals surface area contributed by atoms with Crippen molar-refractivity contribution in [2.45, 2.75) is 12.5 Å². The summed E-state index contributed by atoms with van der Waals surface area (Å²) >= 11 is 0. The lowest BCUT2D eigenvalue weighted by atomic mass is 10.2. The Morgan fingerprint density at radius 1 is 1.33 bits per heavy atom. The zero-order chi connectivity index (χ0) is 20.5. The fraction of sp³-hybridized carbons (Fsp3) is 0.238. The fourth-order valence-electron chi connectivity index (χ4n) is 3.48. The fourth-order valence-corrected chi connectivity index (χ4v) is 3.48. The van der Waals surface area contributed by atoms with Gasteiger partial charge in [-0.15, -0.1) is 0 Å². The van der Waals surface area contributed by atoms with E-state index in [2.05, 4.69) is 20.6 Å². The number of fused-ring (bicyclic) bond motifs is 2. The molecule has 1 atom stereocenters. The number of ether oxygens (including phenoxy) is 1. The summed E-state index contributed by atoms with van der Waals surface area (Å²) in [5, 5.41) is 12.2. The number of carbonyl (C=O) groups is 1. The number of aryl methyl sites for hydroxylation is 1. The standard InChI is InChI=1S/C21H20N6O3/c1-26-18-3-2-4-19(17(18)11-24-26)29-13-16-9-15(25-30-16)10-23-21(28)14-5-6-20-22-7-8-27(20)12-14/h2-8,11-12,16H,9-10,13H2,1H3,(H,23,28). The highest BCUT2D eigenvalue weighted by Crippen LogP contribution is 2.25. The molecule has 1 N–H and O–H groups in total. The molecular weight excluding hydrogens is 384 g/mol. The van der Waals surface area contributed by atoms with Gasteiger partial charge in [-0.3, -0.25) is 9.48 Å². The molecule has 1 aliphatic heterocycles. The van der Waals surface area contributed by atoms with Crippen LogP contribution >= 0.6 is 0 Å². The number of hydrogen-bond acceptors (Lipinski definition) is 6. The highest BCUT2D eigenvalue weighted by molar-refractivity contribution is 5.98. The summed E-state index contributed by atoms with van der Waals surface area (Å²) in [6, 6.07) is 9.41. The quantitative estimate of drug-likeness (QED) is 0.531. The number of nitrogens with one attached hydrogen (secondary N) is 1. The molecule has 1 aliphatic rings. The molecule has 1 unspecified atom stereocenters. The van der Waals surface area contributed by atoms with E-state index in [1.165, 1.54) is 0 Å². The van der Waals surface area contributed by atoms with E-state index in [9.17, 15) is 4.79 Å². The SMILES string of the molecule is Cn1ncc2c(OCC3CC(CNC(=O)c4ccc5nccn5c4)=NO3)cccc21. The van der Waals surface area contributed by atoms with Crippen LogP contribution in [0.15, 0.2) is 60.3 Å². The zero-order valence-corrected chi connectivity index (χ0v) is 16.4. The first kappa shape index (κ1) is 18.2. The highest BCUT2D eigenvalue weighted by Gasteiger charge is 2.22. The molecule has 0 aliphatic carbocycles. The van der Waals surface area contributed by atoms with Gasteiger partial charge >= 0.3 is 0 Å². The molecule has 5 rings (SSSR count). The minimum atomic E-state index is -0.189. The molecule has 30 heavy (non-hydrogen) atoms. The minimum absolute atomic E-state index is 0.170. The van der Waals surface area contributed by atoms with Crippen molar-refractivity contribution in [3.8, 4) is 5.75 Å². The van der Waals surface area contributed by atoms with Gasteiger partial charge in [-0.2, -0.15) is 5.10 Å². The predicted octanol–water partition coefficient (Wildman–Crippen LogP) is 2.17. The van der Waals surface area contributed by atoms with Gasteiger partial charge in [0, 0.05) is 32.1 Å². The first-order valence-electron chi connectivity index (χ1n) is 9.63. The third kappa shape index (κ3) is 3.45. The number of rotatable bonds is 6. The van der Waals surface area contributed by atoms with Crippen LogP contribution in [0.5, 0.6) is 5.75 Å². The van der Waals surface area contributed by atoms with Crippen molar-refractivity contribution >= 4 is 28.2 Å². The van der Waals surface area contributed by atoms with Crippen molar-refractivity contribution in [1.82, 2.24) is 24.5 Å². The van der Waals surface area contributed by atoms with Gasteiger partial charge in [0.15, 0.2) is 6.10 Å². The van der Waals surface area contributed by atoms with Crippen LogP contribution in [-0.2, 0) is 11.9 Å². The Bertz CT molecular complexity index is 1260. The van der Waals surface area contributed by atoms with Crippen molar-refractivity contribution < 1.29 is 14.4 Å². The second-order valence-electron chi connectivity index (χ2n) is 7.15. The Balaban J connectivity index is 1.13. The molecule has 0 saturated carbocycles. The van der Waals surface area contributed by atoms with E-state index < -0.39 is 0 Å². The molecule has 1 aromatic carbocycles. The first-order valence-corrected chi connectivity index (χ1v) is 9.63. The predicted molar refractivity (Wildman–Crippen MR) is 111 cm³/mol.